The maximum atomic E-state index is 13.0. The number of halogens is 3. The molecule has 0 bridgehead atoms. The highest BCUT2D eigenvalue weighted by Crippen LogP contribution is 2.41. The van der Waals surface area contributed by atoms with Crippen molar-refractivity contribution < 1.29 is 22.6 Å². The molecule has 0 fully saturated rings. The van der Waals surface area contributed by atoms with E-state index >= 15 is 0 Å². The third-order valence-corrected chi connectivity index (χ3v) is 2.55. The standard InChI is InChI=1S/C12H14F3NO2/c1-11(2,16)5-7-3-9-10(18-6-17-9)4-8(7)12(13,14)15/h3-4H,5-6,16H2,1-2H3. The van der Waals surface area contributed by atoms with E-state index in [4.69, 9.17) is 15.2 Å². The van der Waals surface area contributed by atoms with Crippen LogP contribution in [0.4, 0.5) is 13.2 Å². The van der Waals surface area contributed by atoms with Crippen LogP contribution in [-0.4, -0.2) is 12.3 Å². The molecule has 1 heterocycles. The maximum Gasteiger partial charge on any atom is 0.416 e. The second-order valence-electron chi connectivity index (χ2n) is 5.03. The third-order valence-electron chi connectivity index (χ3n) is 2.55. The van der Waals surface area contributed by atoms with Crippen molar-refractivity contribution in [2.75, 3.05) is 6.79 Å². The van der Waals surface area contributed by atoms with Crippen molar-refractivity contribution in [1.82, 2.24) is 0 Å². The van der Waals surface area contributed by atoms with Gasteiger partial charge in [0.05, 0.1) is 5.56 Å². The van der Waals surface area contributed by atoms with E-state index in [1.165, 1.54) is 6.07 Å². The number of nitrogens with two attached hydrogens (primary N) is 1. The fourth-order valence-corrected chi connectivity index (χ4v) is 1.89. The second kappa shape index (κ2) is 4.05. The van der Waals surface area contributed by atoms with Gasteiger partial charge in [0.2, 0.25) is 6.79 Å². The summed E-state index contributed by atoms with van der Waals surface area (Å²) in [6, 6.07) is 2.34. The molecule has 3 nitrogen and oxygen atoms in total. The number of fused-ring (bicyclic) bond motifs is 1. The van der Waals surface area contributed by atoms with E-state index in [0.29, 0.717) is 5.75 Å². The number of hydrogen-bond acceptors (Lipinski definition) is 3. The minimum atomic E-state index is -4.43. The van der Waals surface area contributed by atoms with Gasteiger partial charge in [-0.05, 0) is 38.0 Å². The third kappa shape index (κ3) is 2.69. The number of benzene rings is 1. The highest BCUT2D eigenvalue weighted by Gasteiger charge is 2.36. The number of rotatable bonds is 2. The lowest BCUT2D eigenvalue weighted by atomic mass is 9.92. The molecule has 100 valence electrons. The first-order valence-electron chi connectivity index (χ1n) is 5.45. The Balaban J connectivity index is 2.49. The highest BCUT2D eigenvalue weighted by molar-refractivity contribution is 5.50. The molecule has 0 radical (unpaired) electrons. The molecule has 0 aliphatic carbocycles. The van der Waals surface area contributed by atoms with Crippen molar-refractivity contribution in [2.45, 2.75) is 32.0 Å². The topological polar surface area (TPSA) is 44.5 Å². The predicted molar refractivity (Wildman–Crippen MR) is 59.5 cm³/mol. The van der Waals surface area contributed by atoms with Crippen LogP contribution in [0.3, 0.4) is 0 Å². The molecule has 0 spiro atoms. The quantitative estimate of drug-likeness (QED) is 0.890. The number of alkyl halides is 3. The van der Waals surface area contributed by atoms with Crippen LogP contribution in [0.5, 0.6) is 11.5 Å². The Labute approximate surface area is 103 Å². The first kappa shape index (κ1) is 13.0. The maximum absolute atomic E-state index is 13.0. The van der Waals surface area contributed by atoms with Crippen LogP contribution < -0.4 is 15.2 Å². The van der Waals surface area contributed by atoms with Crippen molar-refractivity contribution in [3.8, 4) is 11.5 Å². The summed E-state index contributed by atoms with van der Waals surface area (Å²) >= 11 is 0. The summed E-state index contributed by atoms with van der Waals surface area (Å²) in [7, 11) is 0. The molecule has 1 aromatic rings. The van der Waals surface area contributed by atoms with Gasteiger partial charge in [0.15, 0.2) is 11.5 Å². The van der Waals surface area contributed by atoms with Crippen LogP contribution in [0.15, 0.2) is 12.1 Å². The van der Waals surface area contributed by atoms with Crippen LogP contribution in [0, 0.1) is 0 Å². The minimum absolute atomic E-state index is 0.0535. The van der Waals surface area contributed by atoms with Gasteiger partial charge in [-0.1, -0.05) is 0 Å². The molecule has 6 heteroatoms. The Bertz CT molecular complexity index is 464. The van der Waals surface area contributed by atoms with Crippen LogP contribution in [0.1, 0.15) is 25.0 Å². The van der Waals surface area contributed by atoms with E-state index in [-0.39, 0.29) is 24.5 Å². The lowest BCUT2D eigenvalue weighted by molar-refractivity contribution is -0.138. The Kier molecular flexibility index (Phi) is 2.93. The summed E-state index contributed by atoms with van der Waals surface area (Å²) in [6.45, 7) is 3.30. The van der Waals surface area contributed by atoms with Gasteiger partial charge >= 0.3 is 6.18 Å². The van der Waals surface area contributed by atoms with Gasteiger partial charge in [0.25, 0.3) is 0 Å². The van der Waals surface area contributed by atoms with E-state index in [9.17, 15) is 13.2 Å². The molecule has 0 saturated carbocycles. The molecular formula is C12H14F3NO2. The Morgan fingerprint density at radius 2 is 1.72 bits per heavy atom. The Morgan fingerprint density at radius 3 is 2.22 bits per heavy atom. The zero-order valence-corrected chi connectivity index (χ0v) is 10.1. The molecule has 1 aliphatic rings. The van der Waals surface area contributed by atoms with Crippen LogP contribution in [0.2, 0.25) is 0 Å². The summed E-state index contributed by atoms with van der Waals surface area (Å²) in [5.41, 5.74) is 4.46. The number of hydrogen-bond donors (Lipinski definition) is 1. The molecule has 0 atom stereocenters. The van der Waals surface area contributed by atoms with Crippen LogP contribution in [0.25, 0.3) is 0 Å². The first-order valence-corrected chi connectivity index (χ1v) is 5.45. The monoisotopic (exact) mass is 261 g/mol. The normalized spacial score (nSPS) is 15.0. The Morgan fingerprint density at radius 1 is 1.17 bits per heavy atom. The van der Waals surface area contributed by atoms with Gasteiger partial charge in [-0.3, -0.25) is 0 Å². The predicted octanol–water partition coefficient (Wildman–Crippen LogP) is 2.71. The molecule has 0 saturated heterocycles. The fraction of sp³-hybridized carbons (Fsp3) is 0.500. The smallest absolute Gasteiger partial charge is 0.416 e. The van der Waals surface area contributed by atoms with Gasteiger partial charge in [-0.25, -0.2) is 0 Å². The van der Waals surface area contributed by atoms with Gasteiger partial charge in [0, 0.05) is 5.54 Å². The van der Waals surface area contributed by atoms with Crippen molar-refractivity contribution in [3.05, 3.63) is 23.3 Å². The number of ether oxygens (including phenoxy) is 2. The first-order chi connectivity index (χ1) is 8.17. The molecule has 0 unspecified atom stereocenters. The van der Waals surface area contributed by atoms with Crippen molar-refractivity contribution in [1.29, 1.82) is 0 Å². The molecule has 1 aromatic carbocycles. The van der Waals surface area contributed by atoms with E-state index in [0.717, 1.165) is 6.07 Å². The largest absolute Gasteiger partial charge is 0.454 e. The average molecular weight is 261 g/mol. The Hall–Kier alpha value is -1.43. The van der Waals surface area contributed by atoms with Gasteiger partial charge < -0.3 is 15.2 Å². The van der Waals surface area contributed by atoms with Crippen LogP contribution >= 0.6 is 0 Å². The van der Waals surface area contributed by atoms with E-state index in [2.05, 4.69) is 0 Å². The summed E-state index contributed by atoms with van der Waals surface area (Å²) in [4.78, 5) is 0. The zero-order valence-electron chi connectivity index (χ0n) is 10.1. The average Bonchev–Trinajstić information content (AvgIpc) is 2.58. The summed E-state index contributed by atoms with van der Waals surface area (Å²) in [6.07, 6.45) is -4.32. The summed E-state index contributed by atoms with van der Waals surface area (Å²) in [5, 5.41) is 0. The van der Waals surface area contributed by atoms with E-state index in [1.54, 1.807) is 13.8 Å². The molecule has 2 N–H and O–H groups in total. The molecule has 1 aliphatic heterocycles. The lowest BCUT2D eigenvalue weighted by Crippen LogP contribution is -2.35. The molecule has 2 rings (SSSR count). The summed E-state index contributed by atoms with van der Waals surface area (Å²) < 4.78 is 48.9. The molecule has 0 aromatic heterocycles. The SMILES string of the molecule is CC(C)(N)Cc1cc2c(cc1C(F)(F)F)OCO2. The van der Waals surface area contributed by atoms with Crippen molar-refractivity contribution in [3.63, 3.8) is 0 Å². The molecular weight excluding hydrogens is 247 g/mol. The van der Waals surface area contributed by atoms with Crippen LogP contribution in [-0.2, 0) is 12.6 Å². The molecule has 0 amide bonds. The van der Waals surface area contributed by atoms with E-state index in [1.807, 2.05) is 0 Å². The van der Waals surface area contributed by atoms with Crippen molar-refractivity contribution in [2.24, 2.45) is 5.73 Å². The fourth-order valence-electron chi connectivity index (χ4n) is 1.89. The van der Waals surface area contributed by atoms with Gasteiger partial charge in [0.1, 0.15) is 0 Å². The van der Waals surface area contributed by atoms with Gasteiger partial charge in [-0.15, -0.1) is 0 Å². The lowest BCUT2D eigenvalue weighted by Gasteiger charge is -2.21. The van der Waals surface area contributed by atoms with Crippen molar-refractivity contribution >= 4 is 0 Å². The molecule has 18 heavy (non-hydrogen) atoms. The van der Waals surface area contributed by atoms with E-state index < -0.39 is 17.3 Å². The highest BCUT2D eigenvalue weighted by atomic mass is 19.4. The minimum Gasteiger partial charge on any atom is -0.454 e. The zero-order chi connectivity index (χ0) is 13.6. The summed E-state index contributed by atoms with van der Waals surface area (Å²) in [5.74, 6) is 0.461. The van der Waals surface area contributed by atoms with Gasteiger partial charge in [-0.2, -0.15) is 13.2 Å². The second-order valence-corrected chi connectivity index (χ2v) is 5.03.